The molecule has 0 bridgehead atoms. The predicted octanol–water partition coefficient (Wildman–Crippen LogP) is 3.69. The second-order valence-electron chi connectivity index (χ2n) is 4.15. The minimum atomic E-state index is 0.188. The van der Waals surface area contributed by atoms with Gasteiger partial charge in [-0.15, -0.1) is 0 Å². The maximum Gasteiger partial charge on any atom is 0.0574 e. The fourth-order valence-corrected chi connectivity index (χ4v) is 2.15. The van der Waals surface area contributed by atoms with Gasteiger partial charge in [0.1, 0.15) is 0 Å². The fourth-order valence-electron chi connectivity index (χ4n) is 2.02. The van der Waals surface area contributed by atoms with Crippen LogP contribution in [-0.2, 0) is 0 Å². The SMILES string of the molecule is CNc1ccc(C(NC)c2ccc(Cl)cc2)cc1. The third-order valence-corrected chi connectivity index (χ3v) is 3.28. The quantitative estimate of drug-likeness (QED) is 0.876. The number of benzene rings is 2. The van der Waals surface area contributed by atoms with E-state index in [0.29, 0.717) is 0 Å². The van der Waals surface area contributed by atoms with Crippen molar-refractivity contribution >= 4 is 17.3 Å². The van der Waals surface area contributed by atoms with E-state index in [2.05, 4.69) is 47.0 Å². The number of rotatable bonds is 4. The normalized spacial score (nSPS) is 12.2. The monoisotopic (exact) mass is 260 g/mol. The highest BCUT2D eigenvalue weighted by Gasteiger charge is 2.11. The van der Waals surface area contributed by atoms with Crippen molar-refractivity contribution in [2.75, 3.05) is 19.4 Å². The van der Waals surface area contributed by atoms with Gasteiger partial charge in [0.2, 0.25) is 0 Å². The standard InChI is InChI=1S/C15H17ClN2/c1-17-14-9-5-12(6-10-14)15(18-2)11-3-7-13(16)8-4-11/h3-10,15,17-18H,1-2H3. The Balaban J connectivity index is 2.29. The van der Waals surface area contributed by atoms with E-state index in [1.54, 1.807) is 0 Å². The molecule has 0 aliphatic rings. The highest BCUT2D eigenvalue weighted by atomic mass is 35.5. The Morgan fingerprint density at radius 3 is 1.78 bits per heavy atom. The van der Waals surface area contributed by atoms with Crippen LogP contribution >= 0.6 is 11.6 Å². The van der Waals surface area contributed by atoms with Crippen molar-refractivity contribution in [3.8, 4) is 0 Å². The molecule has 0 heterocycles. The molecule has 0 fully saturated rings. The van der Waals surface area contributed by atoms with Crippen LogP contribution in [0.4, 0.5) is 5.69 Å². The molecule has 0 saturated carbocycles. The third kappa shape index (κ3) is 2.84. The lowest BCUT2D eigenvalue weighted by Gasteiger charge is -2.17. The Kier molecular flexibility index (Phi) is 4.24. The highest BCUT2D eigenvalue weighted by molar-refractivity contribution is 6.30. The maximum absolute atomic E-state index is 5.92. The molecule has 0 aliphatic carbocycles. The second-order valence-corrected chi connectivity index (χ2v) is 4.58. The predicted molar refractivity (Wildman–Crippen MR) is 78.3 cm³/mol. The topological polar surface area (TPSA) is 24.1 Å². The van der Waals surface area contributed by atoms with Crippen LogP contribution in [0.25, 0.3) is 0 Å². The third-order valence-electron chi connectivity index (χ3n) is 3.02. The first kappa shape index (κ1) is 12.9. The maximum atomic E-state index is 5.92. The lowest BCUT2D eigenvalue weighted by atomic mass is 9.99. The summed E-state index contributed by atoms with van der Waals surface area (Å²) in [5.74, 6) is 0. The first-order valence-electron chi connectivity index (χ1n) is 5.95. The van der Waals surface area contributed by atoms with Gasteiger partial charge in [0, 0.05) is 17.8 Å². The lowest BCUT2D eigenvalue weighted by Crippen LogP contribution is -2.17. The van der Waals surface area contributed by atoms with Gasteiger partial charge < -0.3 is 10.6 Å². The summed E-state index contributed by atoms with van der Waals surface area (Å²) in [5.41, 5.74) is 3.56. The molecular formula is C15H17ClN2. The Bertz CT molecular complexity index is 491. The molecule has 0 amide bonds. The molecule has 1 unspecified atom stereocenters. The second kappa shape index (κ2) is 5.89. The van der Waals surface area contributed by atoms with Gasteiger partial charge in [0.05, 0.1) is 6.04 Å². The summed E-state index contributed by atoms with van der Waals surface area (Å²) >= 11 is 5.92. The van der Waals surface area contributed by atoms with Gasteiger partial charge in [0.25, 0.3) is 0 Å². The molecular weight excluding hydrogens is 244 g/mol. The lowest BCUT2D eigenvalue weighted by molar-refractivity contribution is 0.692. The zero-order valence-corrected chi connectivity index (χ0v) is 11.3. The van der Waals surface area contributed by atoms with E-state index in [0.717, 1.165) is 10.7 Å². The number of nitrogens with one attached hydrogen (secondary N) is 2. The van der Waals surface area contributed by atoms with Crippen molar-refractivity contribution in [1.29, 1.82) is 0 Å². The number of halogens is 1. The molecule has 3 heteroatoms. The van der Waals surface area contributed by atoms with Crippen LogP contribution in [0.2, 0.25) is 5.02 Å². The van der Waals surface area contributed by atoms with Crippen molar-refractivity contribution < 1.29 is 0 Å². The number of hydrogen-bond donors (Lipinski definition) is 2. The smallest absolute Gasteiger partial charge is 0.0574 e. The number of anilines is 1. The molecule has 0 aromatic heterocycles. The van der Waals surface area contributed by atoms with Gasteiger partial charge in [0.15, 0.2) is 0 Å². The van der Waals surface area contributed by atoms with Crippen LogP contribution in [0.3, 0.4) is 0 Å². The van der Waals surface area contributed by atoms with Crippen LogP contribution in [-0.4, -0.2) is 14.1 Å². The van der Waals surface area contributed by atoms with E-state index in [9.17, 15) is 0 Å². The molecule has 0 spiro atoms. The fraction of sp³-hybridized carbons (Fsp3) is 0.200. The Hall–Kier alpha value is -1.51. The summed E-state index contributed by atoms with van der Waals surface area (Å²) in [6.45, 7) is 0. The van der Waals surface area contributed by atoms with Gasteiger partial charge in [-0.1, -0.05) is 35.9 Å². The van der Waals surface area contributed by atoms with E-state index < -0.39 is 0 Å². The summed E-state index contributed by atoms with van der Waals surface area (Å²) in [6, 6.07) is 16.5. The average Bonchev–Trinajstić information content (AvgIpc) is 2.42. The van der Waals surface area contributed by atoms with Crippen LogP contribution < -0.4 is 10.6 Å². The highest BCUT2D eigenvalue weighted by Crippen LogP contribution is 2.24. The van der Waals surface area contributed by atoms with Crippen LogP contribution in [0.1, 0.15) is 17.2 Å². The molecule has 2 aromatic rings. The minimum Gasteiger partial charge on any atom is -0.388 e. The molecule has 1 atom stereocenters. The summed E-state index contributed by atoms with van der Waals surface area (Å²) < 4.78 is 0. The van der Waals surface area contributed by atoms with Gasteiger partial charge >= 0.3 is 0 Å². The molecule has 2 rings (SSSR count). The van der Waals surface area contributed by atoms with E-state index in [4.69, 9.17) is 11.6 Å². The molecule has 2 nitrogen and oxygen atoms in total. The van der Waals surface area contributed by atoms with E-state index in [1.165, 1.54) is 11.1 Å². The van der Waals surface area contributed by atoms with Gasteiger partial charge in [-0.05, 0) is 42.4 Å². The zero-order chi connectivity index (χ0) is 13.0. The minimum absolute atomic E-state index is 0.188. The Morgan fingerprint density at radius 2 is 1.33 bits per heavy atom. The van der Waals surface area contributed by atoms with Crippen LogP contribution in [0.15, 0.2) is 48.5 Å². The average molecular weight is 261 g/mol. The van der Waals surface area contributed by atoms with Crippen LogP contribution in [0.5, 0.6) is 0 Å². The molecule has 0 aliphatic heterocycles. The van der Waals surface area contributed by atoms with Crippen molar-refractivity contribution in [1.82, 2.24) is 5.32 Å². The van der Waals surface area contributed by atoms with Gasteiger partial charge in [-0.25, -0.2) is 0 Å². The molecule has 94 valence electrons. The first-order chi connectivity index (χ1) is 8.74. The molecule has 0 radical (unpaired) electrons. The summed E-state index contributed by atoms with van der Waals surface area (Å²) in [7, 11) is 3.88. The summed E-state index contributed by atoms with van der Waals surface area (Å²) in [5, 5.41) is 7.21. The van der Waals surface area contributed by atoms with Crippen molar-refractivity contribution in [3.05, 3.63) is 64.7 Å². The van der Waals surface area contributed by atoms with E-state index in [-0.39, 0.29) is 6.04 Å². The Morgan fingerprint density at radius 1 is 0.833 bits per heavy atom. The van der Waals surface area contributed by atoms with E-state index >= 15 is 0 Å². The van der Waals surface area contributed by atoms with Crippen LogP contribution in [0, 0.1) is 0 Å². The first-order valence-corrected chi connectivity index (χ1v) is 6.33. The summed E-state index contributed by atoms with van der Waals surface area (Å²) in [4.78, 5) is 0. The molecule has 2 N–H and O–H groups in total. The molecule has 0 saturated heterocycles. The van der Waals surface area contributed by atoms with Crippen molar-refractivity contribution in [3.63, 3.8) is 0 Å². The number of hydrogen-bond acceptors (Lipinski definition) is 2. The largest absolute Gasteiger partial charge is 0.388 e. The summed E-state index contributed by atoms with van der Waals surface area (Å²) in [6.07, 6.45) is 0. The van der Waals surface area contributed by atoms with Crippen molar-refractivity contribution in [2.24, 2.45) is 0 Å². The Labute approximate surface area is 113 Å². The zero-order valence-electron chi connectivity index (χ0n) is 10.6. The van der Waals surface area contributed by atoms with Gasteiger partial charge in [-0.3, -0.25) is 0 Å². The van der Waals surface area contributed by atoms with Gasteiger partial charge in [-0.2, -0.15) is 0 Å². The molecule has 2 aromatic carbocycles. The molecule has 18 heavy (non-hydrogen) atoms. The van der Waals surface area contributed by atoms with Crippen molar-refractivity contribution in [2.45, 2.75) is 6.04 Å². The van der Waals surface area contributed by atoms with E-state index in [1.807, 2.05) is 26.2 Å².